The molecule has 7 heteroatoms. The molecule has 0 saturated carbocycles. The molecule has 0 bridgehead atoms. The molecule has 2 rings (SSSR count). The number of hydrogen-bond donors (Lipinski definition) is 2. The van der Waals surface area contributed by atoms with Crippen molar-refractivity contribution < 1.29 is 9.42 Å². The Hall–Kier alpha value is -1.92. The highest BCUT2D eigenvalue weighted by Crippen LogP contribution is 2.22. The summed E-state index contributed by atoms with van der Waals surface area (Å²) in [6, 6.07) is 10.3. The van der Waals surface area contributed by atoms with Gasteiger partial charge in [-0.3, -0.25) is 4.98 Å². The van der Waals surface area contributed by atoms with E-state index >= 15 is 0 Å². The van der Waals surface area contributed by atoms with E-state index in [-0.39, 0.29) is 11.5 Å². The molecule has 19 heavy (non-hydrogen) atoms. The number of rotatable bonds is 3. The minimum atomic E-state index is -1.51. The van der Waals surface area contributed by atoms with Crippen LogP contribution in [0.3, 0.4) is 0 Å². The standard InChI is InChI=1S/C12H10ClN3O2S/c13-8-6-10(11(15-7-8)12(14)16-17)19(18)9-4-2-1-3-5-9/h1-7,17H,(H2,14,16). The molecule has 1 heterocycles. The molecule has 0 fully saturated rings. The Morgan fingerprint density at radius 2 is 2.05 bits per heavy atom. The third-order valence-electron chi connectivity index (χ3n) is 2.33. The summed E-state index contributed by atoms with van der Waals surface area (Å²) >= 11 is 5.86. The topological polar surface area (TPSA) is 88.6 Å². The van der Waals surface area contributed by atoms with E-state index in [1.165, 1.54) is 12.3 Å². The summed E-state index contributed by atoms with van der Waals surface area (Å²) in [6.07, 6.45) is 1.35. The van der Waals surface area contributed by atoms with Gasteiger partial charge in [0.1, 0.15) is 5.69 Å². The number of hydrogen-bond acceptors (Lipinski definition) is 4. The zero-order valence-corrected chi connectivity index (χ0v) is 11.2. The molecule has 1 aromatic carbocycles. The highest BCUT2D eigenvalue weighted by atomic mass is 35.5. The minimum Gasteiger partial charge on any atom is -0.409 e. The molecule has 0 radical (unpaired) electrons. The summed E-state index contributed by atoms with van der Waals surface area (Å²) in [5, 5.41) is 11.9. The summed E-state index contributed by atoms with van der Waals surface area (Å²) in [4.78, 5) is 4.84. The molecule has 0 aliphatic carbocycles. The van der Waals surface area contributed by atoms with E-state index in [9.17, 15) is 4.21 Å². The van der Waals surface area contributed by atoms with Crippen molar-refractivity contribution in [1.29, 1.82) is 0 Å². The van der Waals surface area contributed by atoms with Gasteiger partial charge in [-0.2, -0.15) is 0 Å². The number of nitrogens with two attached hydrogens (primary N) is 1. The van der Waals surface area contributed by atoms with Crippen LogP contribution in [0.2, 0.25) is 5.02 Å². The van der Waals surface area contributed by atoms with Crippen LogP contribution in [0.5, 0.6) is 0 Å². The molecule has 5 nitrogen and oxygen atoms in total. The summed E-state index contributed by atoms with van der Waals surface area (Å²) in [6.45, 7) is 0. The highest BCUT2D eigenvalue weighted by Gasteiger charge is 2.16. The van der Waals surface area contributed by atoms with Gasteiger partial charge in [0.15, 0.2) is 5.84 Å². The van der Waals surface area contributed by atoms with Crippen LogP contribution in [0.15, 0.2) is 57.5 Å². The number of halogens is 1. The smallest absolute Gasteiger partial charge is 0.190 e. The first-order valence-electron chi connectivity index (χ1n) is 5.23. The van der Waals surface area contributed by atoms with Gasteiger partial charge in [-0.1, -0.05) is 35.0 Å². The van der Waals surface area contributed by atoms with E-state index in [2.05, 4.69) is 10.1 Å². The van der Waals surface area contributed by atoms with Crippen molar-refractivity contribution in [1.82, 2.24) is 4.98 Å². The Morgan fingerprint density at radius 1 is 1.37 bits per heavy atom. The van der Waals surface area contributed by atoms with Gasteiger partial charge in [0.05, 0.1) is 20.7 Å². The van der Waals surface area contributed by atoms with Crippen molar-refractivity contribution in [3.8, 4) is 0 Å². The number of aromatic nitrogens is 1. The second-order valence-electron chi connectivity index (χ2n) is 3.57. The second-order valence-corrected chi connectivity index (χ2v) is 5.45. The van der Waals surface area contributed by atoms with Crippen molar-refractivity contribution in [2.45, 2.75) is 9.79 Å². The zero-order valence-electron chi connectivity index (χ0n) is 9.65. The van der Waals surface area contributed by atoms with Gasteiger partial charge in [-0.25, -0.2) is 4.21 Å². The van der Waals surface area contributed by atoms with Gasteiger partial charge in [-0.15, -0.1) is 0 Å². The van der Waals surface area contributed by atoms with Crippen LogP contribution in [-0.2, 0) is 10.8 Å². The van der Waals surface area contributed by atoms with Gasteiger partial charge in [0, 0.05) is 11.1 Å². The molecule has 1 aromatic heterocycles. The monoisotopic (exact) mass is 295 g/mol. The lowest BCUT2D eigenvalue weighted by Crippen LogP contribution is -2.18. The van der Waals surface area contributed by atoms with Crippen LogP contribution in [0.25, 0.3) is 0 Å². The Balaban J connectivity index is 2.55. The van der Waals surface area contributed by atoms with Crippen LogP contribution in [-0.4, -0.2) is 20.2 Å². The molecule has 0 aliphatic rings. The first-order valence-corrected chi connectivity index (χ1v) is 6.76. The van der Waals surface area contributed by atoms with Crippen LogP contribution in [0.1, 0.15) is 5.69 Å². The third-order valence-corrected chi connectivity index (χ3v) is 3.94. The maximum Gasteiger partial charge on any atom is 0.190 e. The Morgan fingerprint density at radius 3 is 2.68 bits per heavy atom. The van der Waals surface area contributed by atoms with Crippen molar-refractivity contribution in [2.24, 2.45) is 10.9 Å². The number of nitrogens with zero attached hydrogens (tertiary/aromatic N) is 2. The van der Waals surface area contributed by atoms with E-state index < -0.39 is 10.8 Å². The molecular weight excluding hydrogens is 286 g/mol. The van der Waals surface area contributed by atoms with E-state index in [0.717, 1.165) is 0 Å². The van der Waals surface area contributed by atoms with Crippen LogP contribution < -0.4 is 5.73 Å². The van der Waals surface area contributed by atoms with Gasteiger partial charge in [0.25, 0.3) is 0 Å². The summed E-state index contributed by atoms with van der Waals surface area (Å²) in [5.74, 6) is -0.212. The van der Waals surface area contributed by atoms with Gasteiger partial charge >= 0.3 is 0 Å². The lowest BCUT2D eigenvalue weighted by molar-refractivity contribution is 0.318. The van der Waals surface area contributed by atoms with Gasteiger partial charge in [0.2, 0.25) is 0 Å². The van der Waals surface area contributed by atoms with Gasteiger partial charge < -0.3 is 10.9 Å². The maximum absolute atomic E-state index is 12.5. The van der Waals surface area contributed by atoms with Crippen molar-refractivity contribution in [3.63, 3.8) is 0 Å². The fraction of sp³-hybridized carbons (Fsp3) is 0. The number of benzene rings is 1. The molecule has 0 amide bonds. The average molecular weight is 296 g/mol. The highest BCUT2D eigenvalue weighted by molar-refractivity contribution is 7.85. The van der Waals surface area contributed by atoms with E-state index in [4.69, 9.17) is 22.5 Å². The van der Waals surface area contributed by atoms with Crippen LogP contribution >= 0.6 is 11.6 Å². The summed E-state index contributed by atoms with van der Waals surface area (Å²) in [7, 11) is -1.51. The maximum atomic E-state index is 12.5. The van der Waals surface area contributed by atoms with E-state index in [0.29, 0.717) is 14.8 Å². The van der Waals surface area contributed by atoms with Gasteiger partial charge in [-0.05, 0) is 18.2 Å². The minimum absolute atomic E-state index is 0.147. The van der Waals surface area contributed by atoms with Crippen molar-refractivity contribution in [2.75, 3.05) is 0 Å². The zero-order chi connectivity index (χ0) is 13.8. The average Bonchev–Trinajstić information content (AvgIpc) is 2.46. The molecular formula is C12H10ClN3O2S. The van der Waals surface area contributed by atoms with E-state index in [1.807, 2.05) is 6.07 Å². The summed E-state index contributed by atoms with van der Waals surface area (Å²) < 4.78 is 12.5. The normalized spacial score (nSPS) is 13.2. The fourth-order valence-electron chi connectivity index (χ4n) is 1.47. The molecule has 0 saturated heterocycles. The second kappa shape index (κ2) is 5.81. The quantitative estimate of drug-likeness (QED) is 0.392. The number of amidine groups is 1. The van der Waals surface area contributed by atoms with E-state index in [1.54, 1.807) is 24.3 Å². The lowest BCUT2D eigenvalue weighted by atomic mass is 10.3. The van der Waals surface area contributed by atoms with Crippen LogP contribution in [0, 0.1) is 0 Å². The summed E-state index contributed by atoms with van der Waals surface area (Å²) in [5.41, 5.74) is 5.67. The number of oxime groups is 1. The first kappa shape index (κ1) is 13.5. The van der Waals surface area contributed by atoms with Crippen molar-refractivity contribution >= 4 is 28.2 Å². The largest absolute Gasteiger partial charge is 0.409 e. The Bertz CT molecular complexity index is 647. The Kier molecular flexibility index (Phi) is 4.13. The Labute approximate surface area is 117 Å². The first-order chi connectivity index (χ1) is 9.13. The predicted molar refractivity (Wildman–Crippen MR) is 72.9 cm³/mol. The lowest BCUT2D eigenvalue weighted by Gasteiger charge is -2.07. The molecule has 1 atom stereocenters. The molecule has 3 N–H and O–H groups in total. The molecule has 98 valence electrons. The molecule has 0 aliphatic heterocycles. The van der Waals surface area contributed by atoms with Crippen LogP contribution in [0.4, 0.5) is 0 Å². The third kappa shape index (κ3) is 2.91. The number of pyridine rings is 1. The predicted octanol–water partition coefficient (Wildman–Crippen LogP) is 2.00. The SMILES string of the molecule is NC(=NO)c1ncc(Cl)cc1S(=O)c1ccccc1. The fourth-order valence-corrected chi connectivity index (χ4v) is 2.92. The molecule has 2 aromatic rings. The molecule has 0 spiro atoms. The van der Waals surface area contributed by atoms with Crippen molar-refractivity contribution in [3.05, 3.63) is 53.3 Å². The molecule has 1 unspecified atom stereocenters.